The highest BCUT2D eigenvalue weighted by atomic mass is 16.4. The number of carboxylic acids is 1. The standard InChI is InChI=1S/C18H20N2O4/c1-18(2,3)13-6-4-5-11(7-13)12-8-14(21)16(19-9-12)17(24)20-10-15(22)23/h4-9,21H,10H2,1-3H3,(H,20,24)(H,22,23). The van der Waals surface area contributed by atoms with Crippen molar-refractivity contribution in [3.05, 3.63) is 47.8 Å². The molecule has 0 atom stereocenters. The van der Waals surface area contributed by atoms with E-state index in [1.54, 1.807) is 0 Å². The number of aromatic nitrogens is 1. The number of carbonyl (C=O) groups excluding carboxylic acids is 1. The fourth-order valence-corrected chi connectivity index (χ4v) is 2.19. The Morgan fingerprint density at radius 3 is 2.46 bits per heavy atom. The molecule has 3 N–H and O–H groups in total. The molecule has 1 aromatic heterocycles. The quantitative estimate of drug-likeness (QED) is 0.801. The van der Waals surface area contributed by atoms with Gasteiger partial charge < -0.3 is 15.5 Å². The molecule has 2 aromatic rings. The number of pyridine rings is 1. The summed E-state index contributed by atoms with van der Waals surface area (Å²) < 4.78 is 0. The first-order chi connectivity index (χ1) is 11.2. The van der Waals surface area contributed by atoms with Crippen molar-refractivity contribution < 1.29 is 19.8 Å². The van der Waals surface area contributed by atoms with Gasteiger partial charge >= 0.3 is 5.97 Å². The number of aromatic hydroxyl groups is 1. The summed E-state index contributed by atoms with van der Waals surface area (Å²) in [5.74, 6) is -2.19. The molecule has 0 saturated carbocycles. The molecule has 0 fully saturated rings. The first kappa shape index (κ1) is 17.5. The smallest absolute Gasteiger partial charge is 0.322 e. The van der Waals surface area contributed by atoms with Gasteiger partial charge in [-0.1, -0.05) is 45.0 Å². The number of amides is 1. The van der Waals surface area contributed by atoms with Crippen molar-refractivity contribution in [1.82, 2.24) is 10.3 Å². The van der Waals surface area contributed by atoms with Crippen LogP contribution in [-0.4, -0.2) is 33.6 Å². The van der Waals surface area contributed by atoms with Crippen molar-refractivity contribution in [2.45, 2.75) is 26.2 Å². The lowest BCUT2D eigenvalue weighted by atomic mass is 9.85. The first-order valence-corrected chi connectivity index (χ1v) is 7.48. The van der Waals surface area contributed by atoms with E-state index >= 15 is 0 Å². The summed E-state index contributed by atoms with van der Waals surface area (Å²) in [6.45, 7) is 5.79. The zero-order valence-corrected chi connectivity index (χ0v) is 13.8. The molecule has 24 heavy (non-hydrogen) atoms. The Balaban J connectivity index is 2.30. The van der Waals surface area contributed by atoms with E-state index in [1.807, 2.05) is 24.3 Å². The summed E-state index contributed by atoms with van der Waals surface area (Å²) in [5, 5.41) is 20.8. The van der Waals surface area contributed by atoms with Gasteiger partial charge in [0.05, 0.1) is 0 Å². The highest BCUT2D eigenvalue weighted by Gasteiger charge is 2.17. The van der Waals surface area contributed by atoms with Crippen LogP contribution in [0.4, 0.5) is 0 Å². The summed E-state index contributed by atoms with van der Waals surface area (Å²) in [4.78, 5) is 26.3. The van der Waals surface area contributed by atoms with Gasteiger partial charge in [-0.25, -0.2) is 4.98 Å². The summed E-state index contributed by atoms with van der Waals surface area (Å²) in [6.07, 6.45) is 1.48. The van der Waals surface area contributed by atoms with Gasteiger partial charge in [-0.3, -0.25) is 9.59 Å². The Bertz CT molecular complexity index is 779. The average Bonchev–Trinajstić information content (AvgIpc) is 2.51. The summed E-state index contributed by atoms with van der Waals surface area (Å²) in [7, 11) is 0. The highest BCUT2D eigenvalue weighted by molar-refractivity contribution is 5.96. The second-order valence-corrected chi connectivity index (χ2v) is 6.50. The maximum atomic E-state index is 11.8. The van der Waals surface area contributed by atoms with Gasteiger partial charge in [-0.05, 0) is 22.6 Å². The van der Waals surface area contributed by atoms with Crippen LogP contribution >= 0.6 is 0 Å². The summed E-state index contributed by atoms with van der Waals surface area (Å²) >= 11 is 0. The molecule has 0 saturated heterocycles. The van der Waals surface area contributed by atoms with Gasteiger partial charge in [0.2, 0.25) is 0 Å². The predicted octanol–water partition coefficient (Wildman–Crippen LogP) is 2.57. The zero-order valence-electron chi connectivity index (χ0n) is 13.8. The molecule has 0 bridgehead atoms. The Kier molecular flexibility index (Phi) is 4.87. The molecule has 1 heterocycles. The van der Waals surface area contributed by atoms with Crippen LogP contribution < -0.4 is 5.32 Å². The zero-order chi connectivity index (χ0) is 17.9. The molecule has 0 aliphatic rings. The summed E-state index contributed by atoms with van der Waals surface area (Å²) in [6, 6.07) is 9.33. The van der Waals surface area contributed by atoms with E-state index < -0.39 is 18.4 Å². The molecule has 6 heteroatoms. The van der Waals surface area contributed by atoms with Crippen LogP contribution in [0.1, 0.15) is 36.8 Å². The number of benzene rings is 1. The molecule has 0 spiro atoms. The topological polar surface area (TPSA) is 99.5 Å². The van der Waals surface area contributed by atoms with Crippen LogP contribution in [0.2, 0.25) is 0 Å². The third kappa shape index (κ3) is 4.10. The van der Waals surface area contributed by atoms with E-state index in [2.05, 4.69) is 31.1 Å². The minimum atomic E-state index is -1.17. The van der Waals surface area contributed by atoms with Gasteiger partial charge in [-0.15, -0.1) is 0 Å². The minimum absolute atomic E-state index is 0.0118. The number of aliphatic carboxylic acids is 1. The Morgan fingerprint density at radius 2 is 1.88 bits per heavy atom. The van der Waals surface area contributed by atoms with E-state index in [1.165, 1.54) is 12.3 Å². The second-order valence-electron chi connectivity index (χ2n) is 6.50. The summed E-state index contributed by atoms with van der Waals surface area (Å²) in [5.41, 5.74) is 2.48. The van der Waals surface area contributed by atoms with Gasteiger partial charge in [0, 0.05) is 11.8 Å². The van der Waals surface area contributed by atoms with Crippen LogP contribution in [-0.2, 0) is 10.2 Å². The van der Waals surface area contributed by atoms with Gasteiger partial charge in [0.25, 0.3) is 5.91 Å². The van der Waals surface area contributed by atoms with Crippen LogP contribution in [0, 0.1) is 0 Å². The number of rotatable bonds is 4. The van der Waals surface area contributed by atoms with E-state index in [4.69, 9.17) is 5.11 Å². The van der Waals surface area contributed by atoms with Crippen LogP contribution in [0.3, 0.4) is 0 Å². The minimum Gasteiger partial charge on any atom is -0.505 e. The van der Waals surface area contributed by atoms with Crippen molar-refractivity contribution in [2.24, 2.45) is 0 Å². The lowest BCUT2D eigenvalue weighted by molar-refractivity contribution is -0.135. The molecule has 0 aliphatic carbocycles. The molecule has 6 nitrogen and oxygen atoms in total. The molecular formula is C18H20N2O4. The van der Waals surface area contributed by atoms with Crippen molar-refractivity contribution in [1.29, 1.82) is 0 Å². The first-order valence-electron chi connectivity index (χ1n) is 7.48. The lowest BCUT2D eigenvalue weighted by Crippen LogP contribution is -2.29. The number of hydrogen-bond donors (Lipinski definition) is 3. The molecule has 1 amide bonds. The monoisotopic (exact) mass is 328 g/mol. The number of carbonyl (C=O) groups is 2. The van der Waals surface area contributed by atoms with Crippen molar-refractivity contribution in [3.8, 4) is 16.9 Å². The van der Waals surface area contributed by atoms with Crippen molar-refractivity contribution >= 4 is 11.9 Å². The van der Waals surface area contributed by atoms with Gasteiger partial charge in [-0.2, -0.15) is 0 Å². The van der Waals surface area contributed by atoms with Gasteiger partial charge in [0.1, 0.15) is 12.3 Å². The van der Waals surface area contributed by atoms with Crippen LogP contribution in [0.5, 0.6) is 5.75 Å². The molecule has 1 aromatic carbocycles. The fraction of sp³-hybridized carbons (Fsp3) is 0.278. The second kappa shape index (κ2) is 6.70. The normalized spacial score (nSPS) is 11.1. The number of carboxylic acid groups (broad SMARTS) is 1. The van der Waals surface area contributed by atoms with Crippen molar-refractivity contribution in [3.63, 3.8) is 0 Å². The third-order valence-electron chi connectivity index (χ3n) is 3.54. The Hall–Kier alpha value is -2.89. The number of nitrogens with one attached hydrogen (secondary N) is 1. The number of nitrogens with zero attached hydrogens (tertiary/aromatic N) is 1. The fourth-order valence-electron chi connectivity index (χ4n) is 2.19. The molecule has 126 valence electrons. The molecular weight excluding hydrogens is 308 g/mol. The molecule has 0 radical (unpaired) electrons. The van der Waals surface area contributed by atoms with Crippen molar-refractivity contribution in [2.75, 3.05) is 6.54 Å². The van der Waals surface area contributed by atoms with E-state index in [0.717, 1.165) is 11.1 Å². The lowest BCUT2D eigenvalue weighted by Gasteiger charge is -2.19. The van der Waals surface area contributed by atoms with E-state index in [0.29, 0.717) is 5.56 Å². The SMILES string of the molecule is CC(C)(C)c1cccc(-c2cnc(C(=O)NCC(=O)O)c(O)c2)c1. The molecule has 0 aliphatic heterocycles. The van der Waals surface area contributed by atoms with Crippen LogP contribution in [0.25, 0.3) is 11.1 Å². The maximum absolute atomic E-state index is 11.8. The van der Waals surface area contributed by atoms with Crippen LogP contribution in [0.15, 0.2) is 36.5 Å². The number of hydrogen-bond acceptors (Lipinski definition) is 4. The Morgan fingerprint density at radius 1 is 1.17 bits per heavy atom. The maximum Gasteiger partial charge on any atom is 0.322 e. The Labute approximate surface area is 140 Å². The molecule has 2 rings (SSSR count). The highest BCUT2D eigenvalue weighted by Crippen LogP contribution is 2.29. The largest absolute Gasteiger partial charge is 0.505 e. The van der Waals surface area contributed by atoms with E-state index in [9.17, 15) is 14.7 Å². The van der Waals surface area contributed by atoms with E-state index in [-0.39, 0.29) is 16.9 Å². The molecule has 0 unspecified atom stereocenters. The predicted molar refractivity (Wildman–Crippen MR) is 90.0 cm³/mol. The third-order valence-corrected chi connectivity index (χ3v) is 3.54. The van der Waals surface area contributed by atoms with Gasteiger partial charge in [0.15, 0.2) is 5.69 Å². The average molecular weight is 328 g/mol.